The van der Waals surface area contributed by atoms with E-state index in [4.69, 9.17) is 5.26 Å². The van der Waals surface area contributed by atoms with Crippen molar-refractivity contribution in [3.05, 3.63) is 23.8 Å². The minimum atomic E-state index is -0.0137. The third kappa shape index (κ3) is 3.67. The Kier molecular flexibility index (Phi) is 4.62. The quantitative estimate of drug-likeness (QED) is 0.353. The first-order valence-corrected chi connectivity index (χ1v) is 6.72. The Morgan fingerprint density at radius 1 is 1.44 bits per heavy atom. The van der Waals surface area contributed by atoms with E-state index in [-0.39, 0.29) is 11.2 Å². The summed E-state index contributed by atoms with van der Waals surface area (Å²) in [5.74, 6) is 0.106. The van der Waals surface area contributed by atoms with Crippen molar-refractivity contribution in [2.45, 2.75) is 26.2 Å². The summed E-state index contributed by atoms with van der Waals surface area (Å²) in [4.78, 5) is 4.24. The summed E-state index contributed by atoms with van der Waals surface area (Å²) in [5.41, 5.74) is 1.53. The number of phenols is 1. The SMILES string of the molecule is CSC(=Nc1cc(C(C)(C)C)ccc1O)NC#N. The molecule has 0 unspecified atom stereocenters. The maximum Gasteiger partial charge on any atom is 0.183 e. The predicted octanol–water partition coefficient (Wildman–Crippen LogP) is 3.11. The molecule has 18 heavy (non-hydrogen) atoms. The van der Waals surface area contributed by atoms with Gasteiger partial charge in [0.2, 0.25) is 0 Å². The van der Waals surface area contributed by atoms with Gasteiger partial charge in [0, 0.05) is 0 Å². The number of nitrogens with zero attached hydrogens (tertiary/aromatic N) is 2. The van der Waals surface area contributed by atoms with Crippen molar-refractivity contribution in [1.29, 1.82) is 5.26 Å². The summed E-state index contributed by atoms with van der Waals surface area (Å²) in [6.07, 6.45) is 3.63. The van der Waals surface area contributed by atoms with Crippen LogP contribution in [-0.4, -0.2) is 16.5 Å². The van der Waals surface area contributed by atoms with Crippen LogP contribution in [0.1, 0.15) is 26.3 Å². The molecule has 0 saturated carbocycles. The second-order valence-electron chi connectivity index (χ2n) is 4.81. The zero-order chi connectivity index (χ0) is 13.8. The smallest absolute Gasteiger partial charge is 0.183 e. The molecular weight excluding hydrogens is 246 g/mol. The highest BCUT2D eigenvalue weighted by atomic mass is 32.2. The Morgan fingerprint density at radius 3 is 2.61 bits per heavy atom. The van der Waals surface area contributed by atoms with Crippen LogP contribution in [0, 0.1) is 11.5 Å². The minimum absolute atomic E-state index is 0.0137. The van der Waals surface area contributed by atoms with Crippen LogP contribution in [0.5, 0.6) is 5.75 Å². The molecule has 0 saturated heterocycles. The molecule has 0 radical (unpaired) electrons. The van der Waals surface area contributed by atoms with Crippen LogP contribution >= 0.6 is 11.8 Å². The lowest BCUT2D eigenvalue weighted by atomic mass is 9.87. The molecule has 0 amide bonds. The average molecular weight is 263 g/mol. The van der Waals surface area contributed by atoms with Crippen LogP contribution in [0.4, 0.5) is 5.69 Å². The van der Waals surface area contributed by atoms with E-state index in [2.05, 4.69) is 31.1 Å². The largest absolute Gasteiger partial charge is 0.506 e. The van der Waals surface area contributed by atoms with Gasteiger partial charge in [-0.1, -0.05) is 38.6 Å². The van der Waals surface area contributed by atoms with Crippen LogP contribution in [0.3, 0.4) is 0 Å². The highest BCUT2D eigenvalue weighted by Gasteiger charge is 2.15. The van der Waals surface area contributed by atoms with Crippen LogP contribution in [0.25, 0.3) is 0 Å². The Morgan fingerprint density at radius 2 is 2.11 bits per heavy atom. The summed E-state index contributed by atoms with van der Waals surface area (Å²) in [7, 11) is 0. The number of nitriles is 1. The summed E-state index contributed by atoms with van der Waals surface area (Å²) in [6.45, 7) is 6.28. The number of aromatic hydroxyl groups is 1. The van der Waals surface area contributed by atoms with E-state index in [9.17, 15) is 5.11 Å². The van der Waals surface area contributed by atoms with Gasteiger partial charge in [0.25, 0.3) is 0 Å². The van der Waals surface area contributed by atoms with Crippen LogP contribution in [-0.2, 0) is 5.41 Å². The zero-order valence-corrected chi connectivity index (χ0v) is 11.8. The summed E-state index contributed by atoms with van der Waals surface area (Å²) in [6, 6.07) is 5.35. The third-order valence-electron chi connectivity index (χ3n) is 2.42. The first-order chi connectivity index (χ1) is 8.38. The molecule has 1 rings (SSSR count). The van der Waals surface area contributed by atoms with E-state index in [1.54, 1.807) is 6.07 Å². The number of nitrogens with one attached hydrogen (secondary N) is 1. The number of hydrogen-bond donors (Lipinski definition) is 2. The van der Waals surface area contributed by atoms with E-state index in [0.717, 1.165) is 5.56 Å². The van der Waals surface area contributed by atoms with E-state index in [1.165, 1.54) is 11.8 Å². The Balaban J connectivity index is 3.20. The lowest BCUT2D eigenvalue weighted by Crippen LogP contribution is -2.13. The van der Waals surface area contributed by atoms with Gasteiger partial charge in [-0.3, -0.25) is 5.32 Å². The Bertz CT molecular complexity index is 498. The molecule has 1 aromatic carbocycles. The number of benzene rings is 1. The van der Waals surface area contributed by atoms with Crippen molar-refractivity contribution in [2.24, 2.45) is 4.99 Å². The molecule has 1 aromatic rings. The second kappa shape index (κ2) is 5.78. The average Bonchev–Trinajstić information content (AvgIpc) is 2.29. The number of aliphatic imine (C=N–C) groups is 1. The van der Waals surface area contributed by atoms with Crippen molar-refractivity contribution in [3.63, 3.8) is 0 Å². The molecule has 0 atom stereocenters. The van der Waals surface area contributed by atoms with Gasteiger partial charge in [-0.15, -0.1) is 0 Å². The maximum absolute atomic E-state index is 9.79. The maximum atomic E-state index is 9.79. The van der Waals surface area contributed by atoms with Crippen molar-refractivity contribution in [3.8, 4) is 11.9 Å². The molecule has 0 heterocycles. The van der Waals surface area contributed by atoms with E-state index < -0.39 is 0 Å². The van der Waals surface area contributed by atoms with E-state index in [0.29, 0.717) is 10.9 Å². The molecular formula is C13H17N3OS. The van der Waals surface area contributed by atoms with Crippen molar-refractivity contribution < 1.29 is 5.11 Å². The normalized spacial score (nSPS) is 12.1. The lowest BCUT2D eigenvalue weighted by Gasteiger charge is -2.19. The Hall–Kier alpha value is -1.67. The Labute approximate surface area is 112 Å². The van der Waals surface area contributed by atoms with E-state index in [1.807, 2.05) is 24.6 Å². The highest BCUT2D eigenvalue weighted by Crippen LogP contribution is 2.32. The standard InChI is InChI=1S/C13H17N3OS/c1-13(2,3)9-5-6-11(17)10(7-9)16-12(18-4)15-8-14/h5-7,17H,1-4H3,(H,15,16). The first-order valence-electron chi connectivity index (χ1n) is 5.49. The topological polar surface area (TPSA) is 68.4 Å². The third-order valence-corrected chi connectivity index (χ3v) is 3.00. The van der Waals surface area contributed by atoms with Crippen molar-refractivity contribution in [1.82, 2.24) is 5.32 Å². The minimum Gasteiger partial charge on any atom is -0.506 e. The summed E-state index contributed by atoms with van der Waals surface area (Å²) >= 11 is 1.32. The molecule has 0 aliphatic rings. The molecule has 0 aliphatic carbocycles. The van der Waals surface area contributed by atoms with Crippen LogP contribution < -0.4 is 5.32 Å². The van der Waals surface area contributed by atoms with Crippen molar-refractivity contribution in [2.75, 3.05) is 6.26 Å². The lowest BCUT2D eigenvalue weighted by molar-refractivity contribution is 0.475. The highest BCUT2D eigenvalue weighted by molar-refractivity contribution is 8.13. The summed E-state index contributed by atoms with van der Waals surface area (Å²) in [5, 5.41) is 21.3. The van der Waals surface area contributed by atoms with Gasteiger partial charge in [0.05, 0.1) is 0 Å². The van der Waals surface area contributed by atoms with Gasteiger partial charge in [0.15, 0.2) is 11.4 Å². The van der Waals surface area contributed by atoms with Gasteiger partial charge in [0.1, 0.15) is 11.4 Å². The number of rotatable bonds is 1. The van der Waals surface area contributed by atoms with Crippen LogP contribution in [0.2, 0.25) is 0 Å². The first kappa shape index (κ1) is 14.4. The van der Waals surface area contributed by atoms with Crippen LogP contribution in [0.15, 0.2) is 23.2 Å². The molecule has 0 fully saturated rings. The predicted molar refractivity (Wildman–Crippen MR) is 76.2 cm³/mol. The fourth-order valence-corrected chi connectivity index (χ4v) is 1.70. The van der Waals surface area contributed by atoms with Gasteiger partial charge in [-0.25, -0.2) is 4.99 Å². The van der Waals surface area contributed by atoms with Gasteiger partial charge in [-0.05, 0) is 29.4 Å². The molecule has 2 N–H and O–H groups in total. The molecule has 0 aromatic heterocycles. The fraction of sp³-hybridized carbons (Fsp3) is 0.385. The summed E-state index contributed by atoms with van der Waals surface area (Å²) < 4.78 is 0. The monoisotopic (exact) mass is 263 g/mol. The van der Waals surface area contributed by atoms with Gasteiger partial charge in [-0.2, -0.15) is 5.26 Å². The molecule has 96 valence electrons. The molecule has 0 spiro atoms. The van der Waals surface area contributed by atoms with E-state index >= 15 is 0 Å². The number of phenolic OH excluding ortho intramolecular Hbond substituents is 1. The molecule has 5 heteroatoms. The van der Waals surface area contributed by atoms with Gasteiger partial charge >= 0.3 is 0 Å². The zero-order valence-electron chi connectivity index (χ0n) is 11.0. The molecule has 0 bridgehead atoms. The van der Waals surface area contributed by atoms with Gasteiger partial charge < -0.3 is 5.11 Å². The number of thioether (sulfide) groups is 1. The number of amidine groups is 1. The molecule has 4 nitrogen and oxygen atoms in total. The van der Waals surface area contributed by atoms with Crippen molar-refractivity contribution >= 4 is 22.6 Å². The molecule has 0 aliphatic heterocycles. The number of hydrogen-bond acceptors (Lipinski definition) is 4. The fourth-order valence-electron chi connectivity index (χ4n) is 1.36. The second-order valence-corrected chi connectivity index (χ2v) is 5.61.